The molecule has 0 aliphatic carbocycles. The molecule has 0 radical (unpaired) electrons. The van der Waals surface area contributed by atoms with Crippen LogP contribution >= 0.6 is 0 Å². The molecule has 0 N–H and O–H groups in total. The van der Waals surface area contributed by atoms with Crippen molar-refractivity contribution in [2.75, 3.05) is 13.4 Å². The minimum absolute atomic E-state index is 0.0696. The van der Waals surface area contributed by atoms with Crippen LogP contribution in [0.15, 0.2) is 46.1 Å². The highest BCUT2D eigenvalue weighted by atomic mass is 32.2. The molecule has 19 heavy (non-hydrogen) atoms. The number of carbonyl (C=O) groups excluding carboxylic acids is 1. The molecular formula is C13H12O5S. The zero-order valence-corrected chi connectivity index (χ0v) is 11.2. The minimum atomic E-state index is -3.38. The summed E-state index contributed by atoms with van der Waals surface area (Å²) in [6.45, 7) is 0. The first kappa shape index (κ1) is 13.4. The third-order valence-electron chi connectivity index (χ3n) is 2.66. The maximum absolute atomic E-state index is 11.8. The van der Waals surface area contributed by atoms with Crippen molar-refractivity contribution in [1.82, 2.24) is 0 Å². The molecular weight excluding hydrogens is 268 g/mol. The lowest BCUT2D eigenvalue weighted by Gasteiger charge is -2.08. The van der Waals surface area contributed by atoms with Gasteiger partial charge in [0.05, 0.1) is 30.1 Å². The molecule has 0 bridgehead atoms. The van der Waals surface area contributed by atoms with Crippen molar-refractivity contribution >= 4 is 15.8 Å². The molecule has 6 heteroatoms. The first-order valence-electron chi connectivity index (χ1n) is 5.38. The Labute approximate surface area is 110 Å². The van der Waals surface area contributed by atoms with Gasteiger partial charge in [0.25, 0.3) is 0 Å². The van der Waals surface area contributed by atoms with Crippen molar-refractivity contribution in [2.45, 2.75) is 4.90 Å². The number of rotatable bonds is 3. The summed E-state index contributed by atoms with van der Waals surface area (Å²) < 4.78 is 32.7. The number of furan rings is 1. The largest absolute Gasteiger partial charge is 0.472 e. The van der Waals surface area contributed by atoms with Crippen molar-refractivity contribution in [1.29, 1.82) is 0 Å². The van der Waals surface area contributed by atoms with Crippen molar-refractivity contribution < 1.29 is 22.4 Å². The predicted molar refractivity (Wildman–Crippen MR) is 68.6 cm³/mol. The quantitative estimate of drug-likeness (QED) is 0.805. The summed E-state index contributed by atoms with van der Waals surface area (Å²) in [6, 6.07) is 6.00. The Morgan fingerprint density at radius 2 is 2.00 bits per heavy atom. The van der Waals surface area contributed by atoms with Crippen LogP contribution in [0.25, 0.3) is 11.1 Å². The van der Waals surface area contributed by atoms with Gasteiger partial charge in [-0.1, -0.05) is 6.07 Å². The van der Waals surface area contributed by atoms with Crippen LogP contribution in [-0.2, 0) is 14.6 Å². The number of ether oxygens (including phenoxy) is 1. The molecule has 2 rings (SSSR count). The van der Waals surface area contributed by atoms with Gasteiger partial charge in [-0.05, 0) is 23.8 Å². The van der Waals surface area contributed by atoms with E-state index >= 15 is 0 Å². The predicted octanol–water partition coefficient (Wildman–Crippen LogP) is 2.14. The van der Waals surface area contributed by atoms with Crippen LogP contribution in [0.2, 0.25) is 0 Å². The molecule has 2 aromatic rings. The zero-order valence-electron chi connectivity index (χ0n) is 10.4. The SMILES string of the molecule is COC(=O)c1cc(S(C)(=O)=O)ccc1-c1ccoc1. The van der Waals surface area contributed by atoms with E-state index in [1.54, 1.807) is 12.1 Å². The third kappa shape index (κ3) is 2.68. The van der Waals surface area contributed by atoms with E-state index in [0.717, 1.165) is 6.26 Å². The van der Waals surface area contributed by atoms with E-state index in [9.17, 15) is 13.2 Å². The Hall–Kier alpha value is -2.08. The smallest absolute Gasteiger partial charge is 0.338 e. The summed E-state index contributed by atoms with van der Waals surface area (Å²) in [5.74, 6) is -0.596. The number of methoxy groups -OCH3 is 1. The lowest BCUT2D eigenvalue weighted by Crippen LogP contribution is -2.06. The van der Waals surface area contributed by atoms with Gasteiger partial charge >= 0.3 is 5.97 Å². The van der Waals surface area contributed by atoms with Crippen molar-refractivity contribution in [3.63, 3.8) is 0 Å². The lowest BCUT2D eigenvalue weighted by atomic mass is 10.0. The number of hydrogen-bond acceptors (Lipinski definition) is 5. The summed E-state index contributed by atoms with van der Waals surface area (Å²) in [7, 11) is -2.14. The first-order chi connectivity index (χ1) is 8.93. The summed E-state index contributed by atoms with van der Waals surface area (Å²) in [5, 5.41) is 0. The fourth-order valence-corrected chi connectivity index (χ4v) is 2.35. The molecule has 5 nitrogen and oxygen atoms in total. The maximum Gasteiger partial charge on any atom is 0.338 e. The van der Waals surface area contributed by atoms with Gasteiger partial charge in [0, 0.05) is 11.8 Å². The summed E-state index contributed by atoms with van der Waals surface area (Å²) >= 11 is 0. The van der Waals surface area contributed by atoms with Crippen molar-refractivity contribution in [3.8, 4) is 11.1 Å². The highest BCUT2D eigenvalue weighted by Crippen LogP contribution is 2.27. The van der Waals surface area contributed by atoms with Crippen LogP contribution in [0, 0.1) is 0 Å². The van der Waals surface area contributed by atoms with E-state index in [-0.39, 0.29) is 10.5 Å². The molecule has 1 aromatic heterocycles. The van der Waals surface area contributed by atoms with E-state index in [1.807, 2.05) is 0 Å². The molecule has 1 aromatic carbocycles. The fourth-order valence-electron chi connectivity index (χ4n) is 1.70. The number of benzene rings is 1. The molecule has 0 saturated heterocycles. The Bertz CT molecular complexity index is 699. The van der Waals surface area contributed by atoms with Gasteiger partial charge in [-0.2, -0.15) is 0 Å². The van der Waals surface area contributed by atoms with E-state index < -0.39 is 15.8 Å². The van der Waals surface area contributed by atoms with E-state index in [0.29, 0.717) is 11.1 Å². The molecule has 0 unspecified atom stereocenters. The van der Waals surface area contributed by atoms with E-state index in [2.05, 4.69) is 4.74 Å². The molecule has 100 valence electrons. The third-order valence-corrected chi connectivity index (χ3v) is 3.77. The highest BCUT2D eigenvalue weighted by Gasteiger charge is 2.18. The second kappa shape index (κ2) is 4.89. The first-order valence-corrected chi connectivity index (χ1v) is 7.27. The normalized spacial score (nSPS) is 11.3. The van der Waals surface area contributed by atoms with Crippen LogP contribution in [0.3, 0.4) is 0 Å². The van der Waals surface area contributed by atoms with Crippen LogP contribution in [0.4, 0.5) is 0 Å². The molecule has 1 heterocycles. The monoisotopic (exact) mass is 280 g/mol. The second-order valence-electron chi connectivity index (χ2n) is 3.98. The summed E-state index contributed by atoms with van der Waals surface area (Å²) in [5.41, 5.74) is 1.43. The van der Waals surface area contributed by atoms with Gasteiger partial charge < -0.3 is 9.15 Å². The summed E-state index contributed by atoms with van der Waals surface area (Å²) in [4.78, 5) is 11.8. The number of sulfone groups is 1. The number of hydrogen-bond donors (Lipinski definition) is 0. The second-order valence-corrected chi connectivity index (χ2v) is 6.00. The van der Waals surface area contributed by atoms with Crippen molar-refractivity contribution in [3.05, 3.63) is 42.4 Å². The van der Waals surface area contributed by atoms with E-state index in [1.165, 1.54) is 31.8 Å². The van der Waals surface area contributed by atoms with Crippen LogP contribution in [-0.4, -0.2) is 27.8 Å². The molecule has 0 saturated carbocycles. The lowest BCUT2D eigenvalue weighted by molar-refractivity contribution is 0.0601. The Morgan fingerprint density at radius 1 is 1.26 bits per heavy atom. The molecule has 0 amide bonds. The van der Waals surface area contributed by atoms with E-state index in [4.69, 9.17) is 4.42 Å². The van der Waals surface area contributed by atoms with Crippen molar-refractivity contribution in [2.24, 2.45) is 0 Å². The molecule has 0 spiro atoms. The maximum atomic E-state index is 11.8. The van der Waals surface area contributed by atoms with Crippen LogP contribution < -0.4 is 0 Å². The molecule has 0 aliphatic heterocycles. The molecule has 0 aliphatic rings. The van der Waals surface area contributed by atoms with Gasteiger partial charge in [-0.3, -0.25) is 0 Å². The topological polar surface area (TPSA) is 73.6 Å². The Balaban J connectivity index is 2.66. The zero-order chi connectivity index (χ0) is 14.0. The highest BCUT2D eigenvalue weighted by molar-refractivity contribution is 7.90. The average Bonchev–Trinajstić information content (AvgIpc) is 2.89. The summed E-state index contributed by atoms with van der Waals surface area (Å²) in [6.07, 6.45) is 4.03. The number of carbonyl (C=O) groups is 1. The van der Waals surface area contributed by atoms with Gasteiger partial charge in [-0.25, -0.2) is 13.2 Å². The minimum Gasteiger partial charge on any atom is -0.472 e. The standard InChI is InChI=1S/C13H12O5S/c1-17-13(14)12-7-10(19(2,15)16)3-4-11(12)9-5-6-18-8-9/h3-8H,1-2H3. The Morgan fingerprint density at radius 3 is 2.53 bits per heavy atom. The molecule has 0 fully saturated rings. The van der Waals surface area contributed by atoms with Crippen LogP contribution in [0.1, 0.15) is 10.4 Å². The van der Waals surface area contributed by atoms with Gasteiger partial charge in [0.1, 0.15) is 0 Å². The fraction of sp³-hybridized carbons (Fsp3) is 0.154. The van der Waals surface area contributed by atoms with Crippen LogP contribution in [0.5, 0.6) is 0 Å². The van der Waals surface area contributed by atoms with Gasteiger partial charge in [0.2, 0.25) is 0 Å². The molecule has 0 atom stereocenters. The Kier molecular flexibility index (Phi) is 3.44. The number of esters is 1. The van der Waals surface area contributed by atoms with Gasteiger partial charge in [-0.15, -0.1) is 0 Å². The van der Waals surface area contributed by atoms with Gasteiger partial charge in [0.15, 0.2) is 9.84 Å². The average molecular weight is 280 g/mol.